The molecule has 3 aromatic rings. The molecule has 0 radical (unpaired) electrons. The van der Waals surface area contributed by atoms with Crippen LogP contribution in [0.1, 0.15) is 51.5 Å². The van der Waals surface area contributed by atoms with E-state index in [4.69, 9.17) is 20.4 Å². The van der Waals surface area contributed by atoms with Gasteiger partial charge in [-0.25, -0.2) is 15.0 Å². The molecule has 2 aliphatic rings. The SMILES string of the molecule is CC1(Nc2ncc3nc(Nc4ccccn4)n([C@H]4CC[C@@H](CN)CC4)c3n2)CCOCC1. The van der Waals surface area contributed by atoms with Gasteiger partial charge in [0.15, 0.2) is 5.65 Å². The number of nitrogens with zero attached hydrogens (tertiary/aromatic N) is 5. The van der Waals surface area contributed by atoms with Crippen LogP contribution >= 0.6 is 0 Å². The van der Waals surface area contributed by atoms with E-state index in [1.54, 1.807) is 6.20 Å². The summed E-state index contributed by atoms with van der Waals surface area (Å²) in [4.78, 5) is 18.8. The zero-order valence-electron chi connectivity index (χ0n) is 18.6. The molecular formula is C23H32N8O. The highest BCUT2D eigenvalue weighted by atomic mass is 16.5. The van der Waals surface area contributed by atoms with Crippen molar-refractivity contribution in [3.8, 4) is 0 Å². The van der Waals surface area contributed by atoms with Crippen LogP contribution in [0, 0.1) is 5.92 Å². The van der Waals surface area contributed by atoms with Gasteiger partial charge in [0.1, 0.15) is 11.3 Å². The van der Waals surface area contributed by atoms with Crippen molar-refractivity contribution in [3.05, 3.63) is 30.6 Å². The van der Waals surface area contributed by atoms with Crippen LogP contribution in [-0.4, -0.2) is 49.8 Å². The lowest BCUT2D eigenvalue weighted by molar-refractivity contribution is 0.0656. The van der Waals surface area contributed by atoms with Gasteiger partial charge in [0.2, 0.25) is 11.9 Å². The largest absolute Gasteiger partial charge is 0.381 e. The number of anilines is 3. The summed E-state index contributed by atoms with van der Waals surface area (Å²) < 4.78 is 7.78. The summed E-state index contributed by atoms with van der Waals surface area (Å²) in [6, 6.07) is 6.13. The number of nitrogens with two attached hydrogens (primary N) is 1. The average Bonchev–Trinajstić information content (AvgIpc) is 3.17. The van der Waals surface area contributed by atoms with Crippen LogP contribution in [0.4, 0.5) is 17.7 Å². The highest BCUT2D eigenvalue weighted by Gasteiger charge is 2.30. The monoisotopic (exact) mass is 436 g/mol. The minimum atomic E-state index is -0.0645. The smallest absolute Gasteiger partial charge is 0.225 e. The summed E-state index contributed by atoms with van der Waals surface area (Å²) in [5.41, 5.74) is 7.51. The number of imidazole rings is 1. The van der Waals surface area contributed by atoms with Crippen LogP contribution in [0.2, 0.25) is 0 Å². The van der Waals surface area contributed by atoms with E-state index in [2.05, 4.69) is 32.1 Å². The van der Waals surface area contributed by atoms with Crippen molar-refractivity contribution in [2.24, 2.45) is 11.7 Å². The number of rotatable bonds is 6. The molecule has 3 aromatic heterocycles. The fraction of sp³-hybridized carbons (Fsp3) is 0.565. The summed E-state index contributed by atoms with van der Waals surface area (Å²) in [6.07, 6.45) is 9.83. The van der Waals surface area contributed by atoms with E-state index in [9.17, 15) is 0 Å². The maximum absolute atomic E-state index is 5.93. The summed E-state index contributed by atoms with van der Waals surface area (Å²) in [5.74, 6) is 2.77. The summed E-state index contributed by atoms with van der Waals surface area (Å²) >= 11 is 0. The van der Waals surface area contributed by atoms with Gasteiger partial charge in [-0.1, -0.05) is 6.07 Å². The predicted octanol–water partition coefficient (Wildman–Crippen LogP) is 3.64. The van der Waals surface area contributed by atoms with Crippen LogP contribution in [0.15, 0.2) is 30.6 Å². The van der Waals surface area contributed by atoms with Crippen LogP contribution in [0.25, 0.3) is 11.2 Å². The number of hydrogen-bond acceptors (Lipinski definition) is 8. The quantitative estimate of drug-likeness (QED) is 0.536. The molecule has 4 N–H and O–H groups in total. The van der Waals surface area contributed by atoms with Gasteiger partial charge in [-0.15, -0.1) is 0 Å². The first-order chi connectivity index (χ1) is 15.6. The second-order valence-corrected chi connectivity index (χ2v) is 9.26. The number of hydrogen-bond donors (Lipinski definition) is 3. The van der Waals surface area contributed by atoms with Gasteiger partial charge in [-0.2, -0.15) is 4.98 Å². The number of pyridine rings is 1. The van der Waals surface area contributed by atoms with Crippen LogP contribution in [0.3, 0.4) is 0 Å². The van der Waals surface area contributed by atoms with E-state index in [1.807, 2.05) is 24.4 Å². The van der Waals surface area contributed by atoms with Crippen LogP contribution in [0.5, 0.6) is 0 Å². The third kappa shape index (κ3) is 4.40. The molecule has 170 valence electrons. The van der Waals surface area contributed by atoms with Gasteiger partial charge in [-0.05, 0) is 70.0 Å². The summed E-state index contributed by atoms with van der Waals surface area (Å²) in [6.45, 7) is 4.48. The zero-order valence-corrected chi connectivity index (χ0v) is 18.6. The van der Waals surface area contributed by atoms with E-state index >= 15 is 0 Å². The van der Waals surface area contributed by atoms with Gasteiger partial charge in [0, 0.05) is 31.0 Å². The normalized spacial score (nSPS) is 23.2. The van der Waals surface area contributed by atoms with E-state index in [0.717, 1.165) is 81.2 Å². The van der Waals surface area contributed by atoms with Crippen molar-refractivity contribution in [2.75, 3.05) is 30.4 Å². The topological polar surface area (TPSA) is 116 Å². The number of ether oxygens (including phenoxy) is 1. The predicted molar refractivity (Wildman–Crippen MR) is 125 cm³/mol. The molecule has 5 rings (SSSR count). The van der Waals surface area contributed by atoms with Gasteiger partial charge >= 0.3 is 0 Å². The van der Waals surface area contributed by atoms with Crippen molar-refractivity contribution >= 4 is 28.9 Å². The van der Waals surface area contributed by atoms with E-state index in [1.165, 1.54) is 0 Å². The van der Waals surface area contributed by atoms with Crippen molar-refractivity contribution in [3.63, 3.8) is 0 Å². The highest BCUT2D eigenvalue weighted by Crippen LogP contribution is 2.36. The lowest BCUT2D eigenvalue weighted by atomic mass is 9.86. The van der Waals surface area contributed by atoms with Gasteiger partial charge < -0.3 is 21.1 Å². The minimum Gasteiger partial charge on any atom is -0.381 e. The Balaban J connectivity index is 1.50. The third-order valence-corrected chi connectivity index (χ3v) is 6.86. The average molecular weight is 437 g/mol. The molecule has 0 amide bonds. The molecule has 4 heterocycles. The number of fused-ring (bicyclic) bond motifs is 1. The second kappa shape index (κ2) is 8.99. The lowest BCUT2D eigenvalue weighted by Crippen LogP contribution is -2.41. The Morgan fingerprint density at radius 2 is 1.94 bits per heavy atom. The summed E-state index contributed by atoms with van der Waals surface area (Å²) in [7, 11) is 0. The molecule has 1 saturated carbocycles. The van der Waals surface area contributed by atoms with Crippen molar-refractivity contribution in [1.82, 2.24) is 24.5 Å². The van der Waals surface area contributed by atoms with E-state index < -0.39 is 0 Å². The molecule has 0 spiro atoms. The van der Waals surface area contributed by atoms with Crippen molar-refractivity contribution < 1.29 is 4.74 Å². The van der Waals surface area contributed by atoms with E-state index in [-0.39, 0.29) is 5.54 Å². The highest BCUT2D eigenvalue weighted by molar-refractivity contribution is 5.76. The maximum atomic E-state index is 5.93. The Kier molecular flexibility index (Phi) is 5.93. The molecule has 0 unspecified atom stereocenters. The standard InChI is InChI=1S/C23H32N8O/c1-23(9-12-32-13-10-23)30-21-26-15-18-20(29-21)31(17-7-5-16(14-24)6-8-17)22(27-18)28-19-4-2-3-11-25-19/h2-4,11,15-17H,5-10,12-14,24H2,1H3,(H,25,27,28)(H,26,29,30)/t16-,17+. The first-order valence-corrected chi connectivity index (χ1v) is 11.6. The third-order valence-electron chi connectivity index (χ3n) is 6.86. The maximum Gasteiger partial charge on any atom is 0.225 e. The molecule has 0 atom stereocenters. The number of aromatic nitrogens is 5. The molecular weight excluding hydrogens is 404 g/mol. The Labute approximate surface area is 188 Å². The van der Waals surface area contributed by atoms with Crippen molar-refractivity contribution in [1.29, 1.82) is 0 Å². The molecule has 2 fully saturated rings. The molecule has 9 nitrogen and oxygen atoms in total. The second-order valence-electron chi connectivity index (χ2n) is 9.26. The van der Waals surface area contributed by atoms with Crippen molar-refractivity contribution in [2.45, 2.75) is 57.0 Å². The van der Waals surface area contributed by atoms with Crippen LogP contribution in [-0.2, 0) is 4.74 Å². The molecule has 9 heteroatoms. The molecule has 1 saturated heterocycles. The Hall–Kier alpha value is -2.78. The van der Waals surface area contributed by atoms with E-state index in [0.29, 0.717) is 17.9 Å². The lowest BCUT2D eigenvalue weighted by Gasteiger charge is -2.34. The molecule has 0 bridgehead atoms. The Morgan fingerprint density at radius 3 is 2.66 bits per heavy atom. The van der Waals surface area contributed by atoms with Gasteiger partial charge in [-0.3, -0.25) is 4.57 Å². The zero-order chi connectivity index (χ0) is 22.0. The Bertz CT molecular complexity index is 1040. The minimum absolute atomic E-state index is 0.0645. The fourth-order valence-corrected chi connectivity index (χ4v) is 4.79. The summed E-state index contributed by atoms with van der Waals surface area (Å²) in [5, 5.41) is 6.97. The van der Waals surface area contributed by atoms with Gasteiger partial charge in [0.05, 0.1) is 6.20 Å². The molecule has 1 aliphatic heterocycles. The van der Waals surface area contributed by atoms with Gasteiger partial charge in [0.25, 0.3) is 0 Å². The first-order valence-electron chi connectivity index (χ1n) is 11.6. The molecule has 1 aliphatic carbocycles. The Morgan fingerprint density at radius 1 is 1.12 bits per heavy atom. The molecule has 0 aromatic carbocycles. The van der Waals surface area contributed by atoms with Crippen LogP contribution < -0.4 is 16.4 Å². The number of nitrogens with one attached hydrogen (secondary N) is 2. The first kappa shape index (κ1) is 21.1. The molecule has 32 heavy (non-hydrogen) atoms. The fourth-order valence-electron chi connectivity index (χ4n) is 4.79.